The number of ether oxygens (including phenoxy) is 1. The lowest BCUT2D eigenvalue weighted by molar-refractivity contribution is -0.931. The molecule has 0 amide bonds. The van der Waals surface area contributed by atoms with Crippen LogP contribution < -0.4 is 9.64 Å². The van der Waals surface area contributed by atoms with Crippen LogP contribution in [-0.4, -0.2) is 36.9 Å². The lowest BCUT2D eigenvalue weighted by Gasteiger charge is -2.31. The van der Waals surface area contributed by atoms with E-state index in [2.05, 4.69) is 6.92 Å². The number of likely N-dealkylation sites (tertiary alicyclic amines) is 1. The molecule has 21 heavy (non-hydrogen) atoms. The van der Waals surface area contributed by atoms with E-state index in [1.54, 1.807) is 0 Å². The summed E-state index contributed by atoms with van der Waals surface area (Å²) in [4.78, 5) is 1.50. The van der Waals surface area contributed by atoms with Crippen LogP contribution in [0.5, 0.6) is 5.75 Å². The normalized spacial score (nSPS) is 23.9. The van der Waals surface area contributed by atoms with E-state index in [0.29, 0.717) is 12.6 Å². The van der Waals surface area contributed by atoms with Crippen molar-refractivity contribution in [2.24, 2.45) is 0 Å². The van der Waals surface area contributed by atoms with Crippen molar-refractivity contribution >= 4 is 11.6 Å². The average molecular weight is 313 g/mol. The van der Waals surface area contributed by atoms with E-state index in [4.69, 9.17) is 16.3 Å². The number of hydrogen-bond donors (Lipinski definition) is 2. The van der Waals surface area contributed by atoms with Gasteiger partial charge in [0.15, 0.2) is 0 Å². The minimum absolute atomic E-state index is 0.344. The van der Waals surface area contributed by atoms with E-state index >= 15 is 0 Å². The molecule has 3 atom stereocenters. The molecule has 1 saturated heterocycles. The van der Waals surface area contributed by atoms with Gasteiger partial charge >= 0.3 is 0 Å². The van der Waals surface area contributed by atoms with Crippen LogP contribution in [0.15, 0.2) is 12.1 Å². The first-order valence-corrected chi connectivity index (χ1v) is 8.27. The van der Waals surface area contributed by atoms with Crippen molar-refractivity contribution < 1.29 is 14.7 Å². The predicted octanol–water partition coefficient (Wildman–Crippen LogP) is 2.15. The van der Waals surface area contributed by atoms with Gasteiger partial charge in [-0.15, -0.1) is 0 Å². The van der Waals surface area contributed by atoms with Gasteiger partial charge in [0.25, 0.3) is 0 Å². The molecule has 1 heterocycles. The van der Waals surface area contributed by atoms with Gasteiger partial charge in [0.1, 0.15) is 25.0 Å². The van der Waals surface area contributed by atoms with Crippen molar-refractivity contribution in [1.29, 1.82) is 0 Å². The van der Waals surface area contributed by atoms with E-state index in [1.807, 2.05) is 26.0 Å². The number of rotatable bonds is 5. The Morgan fingerprint density at radius 1 is 1.33 bits per heavy atom. The fourth-order valence-electron chi connectivity index (χ4n) is 3.10. The van der Waals surface area contributed by atoms with Crippen molar-refractivity contribution in [3.63, 3.8) is 0 Å². The Kier molecular flexibility index (Phi) is 5.91. The lowest BCUT2D eigenvalue weighted by atomic mass is 10.0. The van der Waals surface area contributed by atoms with Crippen molar-refractivity contribution in [1.82, 2.24) is 0 Å². The summed E-state index contributed by atoms with van der Waals surface area (Å²) in [6.07, 6.45) is 3.43. The summed E-state index contributed by atoms with van der Waals surface area (Å²) < 4.78 is 5.74. The Balaban J connectivity index is 1.85. The summed E-state index contributed by atoms with van der Waals surface area (Å²) >= 11 is 6.15. The Morgan fingerprint density at radius 3 is 2.62 bits per heavy atom. The van der Waals surface area contributed by atoms with Crippen molar-refractivity contribution in [3.8, 4) is 5.75 Å². The molecule has 1 aromatic carbocycles. The summed E-state index contributed by atoms with van der Waals surface area (Å²) in [6.45, 7) is 8.49. The molecule has 1 aliphatic rings. The quantitative estimate of drug-likeness (QED) is 0.873. The first kappa shape index (κ1) is 16.6. The van der Waals surface area contributed by atoms with Crippen LogP contribution in [0, 0.1) is 13.8 Å². The number of piperidine rings is 1. The third-order valence-corrected chi connectivity index (χ3v) is 5.03. The van der Waals surface area contributed by atoms with Crippen LogP contribution in [0.1, 0.15) is 37.3 Å². The number of benzene rings is 1. The van der Waals surface area contributed by atoms with E-state index in [9.17, 15) is 5.11 Å². The maximum absolute atomic E-state index is 10.2. The first-order chi connectivity index (χ1) is 9.97. The minimum Gasteiger partial charge on any atom is -0.491 e. The molecule has 0 aromatic heterocycles. The molecular weight excluding hydrogens is 286 g/mol. The van der Waals surface area contributed by atoms with Crippen molar-refractivity contribution in [2.75, 3.05) is 19.7 Å². The van der Waals surface area contributed by atoms with Crippen LogP contribution in [-0.2, 0) is 0 Å². The summed E-state index contributed by atoms with van der Waals surface area (Å²) in [5.41, 5.74) is 2.02. The molecule has 2 N–H and O–H groups in total. The maximum atomic E-state index is 10.2. The Hall–Kier alpha value is -0.770. The molecule has 1 fully saturated rings. The third-order valence-electron chi connectivity index (χ3n) is 4.43. The molecule has 0 radical (unpaired) electrons. The zero-order valence-corrected chi connectivity index (χ0v) is 14.0. The highest BCUT2D eigenvalue weighted by molar-refractivity contribution is 6.32. The number of nitrogens with one attached hydrogen (secondary N) is 1. The fraction of sp³-hybridized carbons (Fsp3) is 0.647. The topological polar surface area (TPSA) is 33.9 Å². The summed E-state index contributed by atoms with van der Waals surface area (Å²) in [6, 6.07) is 4.50. The molecule has 4 heteroatoms. The van der Waals surface area contributed by atoms with Crippen LogP contribution in [0.2, 0.25) is 5.02 Å². The van der Waals surface area contributed by atoms with Gasteiger partial charge in [-0.25, -0.2) is 0 Å². The number of hydrogen-bond acceptors (Lipinski definition) is 2. The summed E-state index contributed by atoms with van der Waals surface area (Å²) in [5.74, 6) is 0.787. The zero-order valence-electron chi connectivity index (χ0n) is 13.3. The maximum Gasteiger partial charge on any atom is 0.137 e. The zero-order chi connectivity index (χ0) is 15.4. The molecule has 0 bridgehead atoms. The van der Waals surface area contributed by atoms with Crippen molar-refractivity contribution in [3.05, 3.63) is 28.3 Å². The molecule has 0 spiro atoms. The van der Waals surface area contributed by atoms with Crippen LogP contribution in [0.4, 0.5) is 0 Å². The Labute approximate surface area is 132 Å². The largest absolute Gasteiger partial charge is 0.491 e. The van der Waals surface area contributed by atoms with Gasteiger partial charge in [-0.1, -0.05) is 11.6 Å². The highest BCUT2D eigenvalue weighted by Gasteiger charge is 2.24. The standard InChI is InChI=1S/C17H26ClNO2/c1-12-8-16(9-13(2)17(12)18)21-11-15(20)10-19-7-5-4-6-14(19)3/h8-9,14-15,20H,4-7,10-11H2,1-3H3/p+1/t14-,15-/m0/s1. The molecule has 1 aliphatic heterocycles. The van der Waals surface area contributed by atoms with Crippen LogP contribution in [0.3, 0.4) is 0 Å². The smallest absolute Gasteiger partial charge is 0.137 e. The third kappa shape index (κ3) is 4.60. The highest BCUT2D eigenvalue weighted by atomic mass is 35.5. The van der Waals surface area contributed by atoms with Gasteiger partial charge in [-0.05, 0) is 63.3 Å². The lowest BCUT2D eigenvalue weighted by Crippen LogP contribution is -3.17. The van der Waals surface area contributed by atoms with Gasteiger partial charge in [-0.3, -0.25) is 0 Å². The van der Waals surface area contributed by atoms with Gasteiger partial charge in [0.2, 0.25) is 0 Å². The number of halogens is 1. The number of quaternary nitrogens is 1. The number of aliphatic hydroxyl groups is 1. The van der Waals surface area contributed by atoms with Crippen LogP contribution >= 0.6 is 11.6 Å². The second-order valence-corrected chi connectivity index (χ2v) is 6.72. The summed E-state index contributed by atoms with van der Waals surface area (Å²) in [5, 5.41) is 11.0. The summed E-state index contributed by atoms with van der Waals surface area (Å²) in [7, 11) is 0. The van der Waals surface area contributed by atoms with Gasteiger partial charge < -0.3 is 14.7 Å². The monoisotopic (exact) mass is 312 g/mol. The second kappa shape index (κ2) is 7.48. The van der Waals surface area contributed by atoms with Gasteiger partial charge in [0.05, 0.1) is 12.6 Å². The minimum atomic E-state index is -0.420. The molecule has 1 unspecified atom stereocenters. The SMILES string of the molecule is Cc1cc(OC[C@@H](O)C[NH+]2CCCC[C@@H]2C)cc(C)c1Cl. The Morgan fingerprint density at radius 2 is 2.00 bits per heavy atom. The number of aryl methyl sites for hydroxylation is 2. The molecule has 0 saturated carbocycles. The highest BCUT2D eigenvalue weighted by Crippen LogP contribution is 2.25. The molecular formula is C17H27ClNO2+. The molecule has 3 nitrogen and oxygen atoms in total. The molecule has 118 valence electrons. The van der Waals surface area contributed by atoms with E-state index < -0.39 is 6.10 Å². The van der Waals surface area contributed by atoms with Gasteiger partial charge in [0, 0.05) is 5.02 Å². The average Bonchev–Trinajstić information content (AvgIpc) is 2.45. The molecule has 1 aromatic rings. The van der Waals surface area contributed by atoms with Crippen molar-refractivity contribution in [2.45, 2.75) is 52.2 Å². The number of aliphatic hydroxyl groups excluding tert-OH is 1. The predicted molar refractivity (Wildman–Crippen MR) is 86.4 cm³/mol. The molecule has 2 rings (SSSR count). The van der Waals surface area contributed by atoms with Crippen LogP contribution in [0.25, 0.3) is 0 Å². The fourth-order valence-corrected chi connectivity index (χ4v) is 3.21. The second-order valence-electron chi connectivity index (χ2n) is 6.35. The first-order valence-electron chi connectivity index (χ1n) is 7.89. The van der Waals surface area contributed by atoms with E-state index in [-0.39, 0.29) is 0 Å². The van der Waals surface area contributed by atoms with E-state index in [1.165, 1.54) is 24.2 Å². The molecule has 0 aliphatic carbocycles. The Bertz CT molecular complexity index is 455. The van der Waals surface area contributed by atoms with Gasteiger partial charge in [-0.2, -0.15) is 0 Å². The van der Waals surface area contributed by atoms with E-state index in [0.717, 1.165) is 35.0 Å².